The largest absolute Gasteiger partial charge is 0.313 e. The predicted molar refractivity (Wildman–Crippen MR) is 97.4 cm³/mol. The molecular weight excluding hydrogens is 314 g/mol. The lowest BCUT2D eigenvalue weighted by atomic mass is 9.91. The maximum absolute atomic E-state index is 12.5. The molecule has 1 atom stereocenters. The van der Waals surface area contributed by atoms with Crippen molar-refractivity contribution in [2.75, 3.05) is 0 Å². The van der Waals surface area contributed by atoms with E-state index in [0.717, 1.165) is 27.6 Å². The number of rotatable bonds is 1. The molecule has 0 radical (unpaired) electrons. The summed E-state index contributed by atoms with van der Waals surface area (Å²) in [4.78, 5) is 28.9. The Hall–Kier alpha value is -2.69. The van der Waals surface area contributed by atoms with Gasteiger partial charge in [-0.3, -0.25) is 14.9 Å². The molecule has 5 heteroatoms. The van der Waals surface area contributed by atoms with Crippen LogP contribution in [0, 0.1) is 0 Å². The standard InChI is InChI=1S/C20H21N3O2/c1-20(2,3)16-10-8-13-12-6-4-5-7-14(12)23(18(13)21-16)15-9-11-17(24)22-19(15)25/h4-8,10,15H,9,11H2,1-3H3,(H,22,24,25). The average Bonchev–Trinajstić information content (AvgIpc) is 2.88. The molecule has 4 rings (SSSR count). The highest BCUT2D eigenvalue weighted by Crippen LogP contribution is 2.34. The maximum atomic E-state index is 12.5. The molecule has 1 unspecified atom stereocenters. The van der Waals surface area contributed by atoms with Crippen LogP contribution < -0.4 is 5.32 Å². The number of piperidine rings is 1. The van der Waals surface area contributed by atoms with Crippen molar-refractivity contribution in [2.24, 2.45) is 0 Å². The van der Waals surface area contributed by atoms with Gasteiger partial charge in [0, 0.05) is 28.3 Å². The van der Waals surface area contributed by atoms with E-state index >= 15 is 0 Å². The molecule has 3 aromatic rings. The molecule has 0 spiro atoms. The Kier molecular flexibility index (Phi) is 3.42. The molecular formula is C20H21N3O2. The van der Waals surface area contributed by atoms with Crippen molar-refractivity contribution >= 4 is 33.8 Å². The zero-order chi connectivity index (χ0) is 17.8. The van der Waals surface area contributed by atoms with Crippen molar-refractivity contribution in [2.45, 2.75) is 45.1 Å². The quantitative estimate of drug-likeness (QED) is 0.693. The van der Waals surface area contributed by atoms with Crippen LogP contribution in [0.25, 0.3) is 21.9 Å². The second-order valence-electron chi connectivity index (χ2n) is 7.67. The first kappa shape index (κ1) is 15.8. The Labute approximate surface area is 146 Å². The van der Waals surface area contributed by atoms with Crippen LogP contribution in [0.5, 0.6) is 0 Å². The lowest BCUT2D eigenvalue weighted by Crippen LogP contribution is -2.41. The number of aromatic nitrogens is 2. The van der Waals surface area contributed by atoms with E-state index in [-0.39, 0.29) is 17.2 Å². The molecule has 3 heterocycles. The number of para-hydroxylation sites is 1. The Morgan fingerprint density at radius 2 is 1.84 bits per heavy atom. The number of hydrogen-bond donors (Lipinski definition) is 1. The van der Waals surface area contributed by atoms with Crippen LogP contribution in [-0.2, 0) is 15.0 Å². The Morgan fingerprint density at radius 3 is 2.56 bits per heavy atom. The first-order chi connectivity index (χ1) is 11.9. The van der Waals surface area contributed by atoms with Gasteiger partial charge in [-0.2, -0.15) is 0 Å². The number of carbonyl (C=O) groups is 2. The predicted octanol–water partition coefficient (Wildman–Crippen LogP) is 3.46. The van der Waals surface area contributed by atoms with E-state index in [9.17, 15) is 9.59 Å². The number of hydrogen-bond acceptors (Lipinski definition) is 3. The number of nitrogens with zero attached hydrogens (tertiary/aromatic N) is 2. The Bertz CT molecular complexity index is 1010. The fourth-order valence-corrected chi connectivity index (χ4v) is 3.53. The van der Waals surface area contributed by atoms with Gasteiger partial charge >= 0.3 is 0 Å². The van der Waals surface area contributed by atoms with Gasteiger partial charge in [-0.1, -0.05) is 39.0 Å². The zero-order valence-corrected chi connectivity index (χ0v) is 14.7. The maximum Gasteiger partial charge on any atom is 0.249 e. The van der Waals surface area contributed by atoms with Gasteiger partial charge in [0.1, 0.15) is 11.7 Å². The number of benzene rings is 1. The zero-order valence-electron chi connectivity index (χ0n) is 14.7. The molecule has 1 N–H and O–H groups in total. The van der Waals surface area contributed by atoms with Crippen LogP contribution in [0.2, 0.25) is 0 Å². The van der Waals surface area contributed by atoms with Crippen molar-refractivity contribution in [3.8, 4) is 0 Å². The fourth-order valence-electron chi connectivity index (χ4n) is 3.53. The normalized spacial score (nSPS) is 18.8. The molecule has 5 nitrogen and oxygen atoms in total. The molecule has 1 aromatic carbocycles. The van der Waals surface area contributed by atoms with Gasteiger partial charge < -0.3 is 4.57 Å². The number of carbonyl (C=O) groups excluding carboxylic acids is 2. The third kappa shape index (κ3) is 2.51. The highest BCUT2D eigenvalue weighted by Gasteiger charge is 2.31. The average molecular weight is 335 g/mol. The number of imide groups is 1. The molecule has 128 valence electrons. The van der Waals surface area contributed by atoms with Gasteiger partial charge in [0.15, 0.2) is 0 Å². The topological polar surface area (TPSA) is 64.0 Å². The highest BCUT2D eigenvalue weighted by atomic mass is 16.2. The fraction of sp³-hybridized carbons (Fsp3) is 0.350. The van der Waals surface area contributed by atoms with Crippen molar-refractivity contribution in [3.63, 3.8) is 0 Å². The summed E-state index contributed by atoms with van der Waals surface area (Å²) in [5, 5.41) is 4.58. The Morgan fingerprint density at radius 1 is 1.08 bits per heavy atom. The van der Waals surface area contributed by atoms with Crippen LogP contribution in [0.15, 0.2) is 36.4 Å². The molecule has 0 bridgehead atoms. The summed E-state index contributed by atoms with van der Waals surface area (Å²) < 4.78 is 2.00. The van der Waals surface area contributed by atoms with Crippen LogP contribution in [0.1, 0.15) is 45.3 Å². The van der Waals surface area contributed by atoms with Gasteiger partial charge in [0.05, 0.1) is 5.52 Å². The minimum atomic E-state index is -0.414. The smallest absolute Gasteiger partial charge is 0.249 e. The van der Waals surface area contributed by atoms with Crippen LogP contribution in [0.3, 0.4) is 0 Å². The molecule has 2 amide bonds. The minimum Gasteiger partial charge on any atom is -0.313 e. The summed E-state index contributed by atoms with van der Waals surface area (Å²) in [6.45, 7) is 6.38. The summed E-state index contributed by atoms with van der Waals surface area (Å²) in [7, 11) is 0. The molecule has 2 aromatic heterocycles. The molecule has 1 aliphatic heterocycles. The van der Waals surface area contributed by atoms with Crippen LogP contribution >= 0.6 is 0 Å². The molecule has 25 heavy (non-hydrogen) atoms. The SMILES string of the molecule is CC(C)(C)c1ccc2c3ccccc3n(C3CCC(=O)NC3=O)c2n1. The Balaban J connectivity index is 2.02. The van der Waals surface area contributed by atoms with Gasteiger partial charge in [0.25, 0.3) is 0 Å². The summed E-state index contributed by atoms with van der Waals surface area (Å²) in [6, 6.07) is 11.8. The summed E-state index contributed by atoms with van der Waals surface area (Å²) in [5.41, 5.74) is 2.69. The van der Waals surface area contributed by atoms with E-state index in [1.807, 2.05) is 22.8 Å². The first-order valence-electron chi connectivity index (χ1n) is 8.60. The minimum absolute atomic E-state index is 0.0831. The number of pyridine rings is 1. The molecule has 1 aliphatic rings. The number of nitrogens with one attached hydrogen (secondary N) is 1. The second kappa shape index (κ2) is 5.41. The third-order valence-corrected chi connectivity index (χ3v) is 4.85. The van der Waals surface area contributed by atoms with E-state index in [4.69, 9.17) is 4.98 Å². The second-order valence-corrected chi connectivity index (χ2v) is 7.67. The van der Waals surface area contributed by atoms with Gasteiger partial charge in [-0.15, -0.1) is 0 Å². The first-order valence-corrected chi connectivity index (χ1v) is 8.60. The van der Waals surface area contributed by atoms with E-state index in [1.165, 1.54) is 0 Å². The summed E-state index contributed by atoms with van der Waals surface area (Å²) >= 11 is 0. The molecule has 1 fully saturated rings. The van der Waals surface area contributed by atoms with E-state index < -0.39 is 6.04 Å². The van der Waals surface area contributed by atoms with Crippen molar-refractivity contribution in [1.82, 2.24) is 14.9 Å². The van der Waals surface area contributed by atoms with Gasteiger partial charge in [0.2, 0.25) is 11.8 Å². The van der Waals surface area contributed by atoms with Crippen LogP contribution in [-0.4, -0.2) is 21.4 Å². The molecule has 0 saturated carbocycles. The van der Waals surface area contributed by atoms with Gasteiger partial charge in [-0.05, 0) is 24.6 Å². The molecule has 1 saturated heterocycles. The van der Waals surface area contributed by atoms with Crippen LogP contribution in [0.4, 0.5) is 0 Å². The van der Waals surface area contributed by atoms with E-state index in [1.54, 1.807) is 0 Å². The molecule has 0 aliphatic carbocycles. The monoisotopic (exact) mass is 335 g/mol. The number of amides is 2. The van der Waals surface area contributed by atoms with Crippen molar-refractivity contribution in [3.05, 3.63) is 42.1 Å². The number of fused-ring (bicyclic) bond motifs is 3. The highest BCUT2D eigenvalue weighted by molar-refractivity contribution is 6.08. The van der Waals surface area contributed by atoms with Crippen molar-refractivity contribution in [1.29, 1.82) is 0 Å². The van der Waals surface area contributed by atoms with Crippen molar-refractivity contribution < 1.29 is 9.59 Å². The summed E-state index contributed by atoms with van der Waals surface area (Å²) in [6.07, 6.45) is 0.850. The lowest BCUT2D eigenvalue weighted by Gasteiger charge is -2.24. The van der Waals surface area contributed by atoms with Gasteiger partial charge in [-0.25, -0.2) is 4.98 Å². The lowest BCUT2D eigenvalue weighted by molar-refractivity contribution is -0.135. The van der Waals surface area contributed by atoms with E-state index in [0.29, 0.717) is 12.8 Å². The third-order valence-electron chi connectivity index (χ3n) is 4.85. The summed E-state index contributed by atoms with van der Waals surface area (Å²) in [5.74, 6) is -0.452. The van der Waals surface area contributed by atoms with E-state index in [2.05, 4.69) is 44.3 Å².